The number of hydrogen-bond acceptors (Lipinski definition) is 2. The number of hydrogen-bond donors (Lipinski definition) is 2. The zero-order chi connectivity index (χ0) is 33.1. The summed E-state index contributed by atoms with van der Waals surface area (Å²) in [5, 5.41) is 5.79. The van der Waals surface area contributed by atoms with Crippen LogP contribution in [0.4, 0.5) is 26.3 Å². The Balaban J connectivity index is 1.27. The topological polar surface area (TPSA) is 58.6 Å². The normalized spacial score (nSPS) is 19.2. The quantitative estimate of drug-likeness (QED) is 0.176. The molecule has 0 saturated carbocycles. The number of alkyl halides is 6. The van der Waals surface area contributed by atoms with Gasteiger partial charge in [0.15, 0.2) is 5.69 Å². The fourth-order valence-corrected chi connectivity index (χ4v) is 7.04. The third kappa shape index (κ3) is 5.71. The third-order valence-corrected chi connectivity index (χ3v) is 9.43. The zero-order valence-corrected chi connectivity index (χ0v) is 25.7. The number of rotatable bonds is 6. The monoisotopic (exact) mass is 650 g/mol. The van der Waals surface area contributed by atoms with E-state index in [0.717, 1.165) is 57.0 Å². The van der Waals surface area contributed by atoms with Gasteiger partial charge in [-0.2, -0.15) is 31.4 Å². The predicted molar refractivity (Wildman–Crippen MR) is 168 cm³/mol. The van der Waals surface area contributed by atoms with Crippen LogP contribution < -0.4 is 0 Å². The first-order valence-electron chi connectivity index (χ1n) is 15.4. The number of aromatic nitrogens is 4. The lowest BCUT2D eigenvalue weighted by molar-refractivity contribution is -0.141. The van der Waals surface area contributed by atoms with Gasteiger partial charge in [0, 0.05) is 57.3 Å². The van der Waals surface area contributed by atoms with Gasteiger partial charge in [0.25, 0.3) is 0 Å². The van der Waals surface area contributed by atoms with Gasteiger partial charge in [-0.05, 0) is 67.6 Å². The van der Waals surface area contributed by atoms with Crippen LogP contribution in [0.3, 0.4) is 0 Å². The molecule has 7 rings (SSSR count). The van der Waals surface area contributed by atoms with Crippen LogP contribution in [-0.4, -0.2) is 26.4 Å². The number of para-hydroxylation sites is 2. The molecule has 6 aromatic rings. The van der Waals surface area contributed by atoms with Gasteiger partial charge in [-0.3, -0.25) is 4.68 Å². The summed E-state index contributed by atoms with van der Waals surface area (Å²) in [5.41, 5.74) is 3.35. The van der Waals surface area contributed by atoms with Crippen LogP contribution in [0.25, 0.3) is 32.9 Å². The standard InChI is InChI=1S/C36H32F6N4O/c1-21-24(25-10-3-5-12-27(25)43-21)14-16-46-29(19-31(45-46)36(40,41)42)30-20-34(2,15-17-47-30)33-32(26-11-4-6-13-28(26)44-33)22-8-7-9-23(18-22)35(37,38)39/h3-13,18-19,30,43-44H,14-17,20H2,1-2H3. The minimum Gasteiger partial charge on any atom is -0.372 e. The van der Waals surface area contributed by atoms with Crippen LogP contribution in [-0.2, 0) is 35.5 Å². The molecular weight excluding hydrogens is 618 g/mol. The molecule has 4 heterocycles. The minimum atomic E-state index is -4.65. The fraction of sp³-hybridized carbons (Fsp3) is 0.306. The van der Waals surface area contributed by atoms with Gasteiger partial charge in [-0.15, -0.1) is 0 Å². The van der Waals surface area contributed by atoms with Crippen molar-refractivity contribution in [2.24, 2.45) is 0 Å². The molecule has 0 aliphatic carbocycles. The predicted octanol–water partition coefficient (Wildman–Crippen LogP) is 9.91. The molecule has 2 N–H and O–H groups in total. The van der Waals surface area contributed by atoms with Crippen LogP contribution in [0, 0.1) is 6.92 Å². The number of H-pyrrole nitrogens is 2. The SMILES string of the molecule is Cc1[nH]c2ccccc2c1CCn1nc(C(F)(F)F)cc1C1CC(C)(c2[nH]c3ccccc3c2-c2cccc(C(F)(F)F)c2)CCO1. The lowest BCUT2D eigenvalue weighted by atomic mass is 9.74. The molecule has 2 atom stereocenters. The Labute approximate surface area is 266 Å². The Morgan fingerprint density at radius 3 is 2.30 bits per heavy atom. The van der Waals surface area contributed by atoms with Gasteiger partial charge in [-0.25, -0.2) is 0 Å². The van der Waals surface area contributed by atoms with Gasteiger partial charge in [0.05, 0.1) is 11.3 Å². The maximum atomic E-state index is 14.0. The molecule has 0 radical (unpaired) electrons. The van der Waals surface area contributed by atoms with Crippen molar-refractivity contribution >= 4 is 21.8 Å². The number of nitrogens with one attached hydrogen (secondary N) is 2. The van der Waals surface area contributed by atoms with E-state index in [1.54, 1.807) is 6.07 Å². The smallest absolute Gasteiger partial charge is 0.372 e. The molecule has 47 heavy (non-hydrogen) atoms. The highest BCUT2D eigenvalue weighted by molar-refractivity contribution is 5.98. The zero-order valence-electron chi connectivity index (χ0n) is 25.7. The summed E-state index contributed by atoms with van der Waals surface area (Å²) >= 11 is 0. The Morgan fingerprint density at radius 2 is 1.57 bits per heavy atom. The molecule has 11 heteroatoms. The number of nitrogens with zero attached hydrogens (tertiary/aromatic N) is 2. The number of aryl methyl sites for hydroxylation is 3. The van der Waals surface area contributed by atoms with Gasteiger partial charge in [0.1, 0.15) is 6.10 Å². The first-order chi connectivity index (χ1) is 22.3. The molecular formula is C36H32F6N4O. The highest BCUT2D eigenvalue weighted by atomic mass is 19.4. The Kier molecular flexibility index (Phi) is 7.50. The third-order valence-electron chi connectivity index (χ3n) is 9.43. The molecule has 5 nitrogen and oxygen atoms in total. The van der Waals surface area contributed by atoms with E-state index in [0.29, 0.717) is 36.1 Å². The Bertz CT molecular complexity index is 2080. The highest BCUT2D eigenvalue weighted by Crippen LogP contribution is 2.48. The highest BCUT2D eigenvalue weighted by Gasteiger charge is 2.42. The average Bonchev–Trinajstić information content (AvgIpc) is 3.73. The molecule has 1 saturated heterocycles. The first kappa shape index (κ1) is 31.1. The van der Waals surface area contributed by atoms with E-state index < -0.39 is 35.1 Å². The maximum Gasteiger partial charge on any atom is 0.435 e. The van der Waals surface area contributed by atoms with Crippen molar-refractivity contribution in [2.45, 2.75) is 63.5 Å². The van der Waals surface area contributed by atoms with Crippen LogP contribution in [0.5, 0.6) is 0 Å². The average molecular weight is 651 g/mol. The minimum absolute atomic E-state index is 0.201. The first-order valence-corrected chi connectivity index (χ1v) is 15.4. The molecule has 0 spiro atoms. The molecule has 0 bridgehead atoms. The van der Waals surface area contributed by atoms with Gasteiger partial charge >= 0.3 is 12.4 Å². The summed E-state index contributed by atoms with van der Waals surface area (Å²) in [6.45, 7) is 4.38. The second kappa shape index (κ2) is 11.3. The van der Waals surface area contributed by atoms with Gasteiger partial charge in [0.2, 0.25) is 0 Å². The summed E-state index contributed by atoms with van der Waals surface area (Å²) in [6.07, 6.45) is -8.65. The van der Waals surface area contributed by atoms with Crippen molar-refractivity contribution in [2.75, 3.05) is 6.61 Å². The van der Waals surface area contributed by atoms with Crippen molar-refractivity contribution in [3.8, 4) is 11.1 Å². The summed E-state index contributed by atoms with van der Waals surface area (Å²) in [7, 11) is 0. The summed E-state index contributed by atoms with van der Waals surface area (Å²) in [6, 6.07) is 21.5. The second-order valence-corrected chi connectivity index (χ2v) is 12.6. The second-order valence-electron chi connectivity index (χ2n) is 12.6. The Hall–Kier alpha value is -4.51. The van der Waals surface area contributed by atoms with E-state index in [4.69, 9.17) is 4.74 Å². The van der Waals surface area contributed by atoms with E-state index in [1.807, 2.05) is 62.4 Å². The molecule has 1 aliphatic heterocycles. The molecule has 3 aromatic heterocycles. The number of benzene rings is 3. The Morgan fingerprint density at radius 1 is 0.872 bits per heavy atom. The van der Waals surface area contributed by atoms with Crippen LogP contribution in [0.15, 0.2) is 78.9 Å². The number of fused-ring (bicyclic) bond motifs is 2. The molecule has 2 unspecified atom stereocenters. The van der Waals surface area contributed by atoms with Crippen LogP contribution in [0.2, 0.25) is 0 Å². The fourth-order valence-electron chi connectivity index (χ4n) is 7.04. The van der Waals surface area contributed by atoms with E-state index in [1.165, 1.54) is 10.7 Å². The molecule has 244 valence electrons. The molecule has 1 fully saturated rings. The summed E-state index contributed by atoms with van der Waals surface area (Å²) in [5.74, 6) is 0. The molecule has 0 amide bonds. The van der Waals surface area contributed by atoms with Crippen molar-refractivity contribution in [3.05, 3.63) is 113 Å². The van der Waals surface area contributed by atoms with E-state index in [2.05, 4.69) is 15.1 Å². The van der Waals surface area contributed by atoms with E-state index in [9.17, 15) is 26.3 Å². The van der Waals surface area contributed by atoms with E-state index >= 15 is 0 Å². The lowest BCUT2D eigenvalue weighted by Crippen LogP contribution is -2.34. The summed E-state index contributed by atoms with van der Waals surface area (Å²) < 4.78 is 90.9. The van der Waals surface area contributed by atoms with Crippen molar-refractivity contribution < 1.29 is 31.1 Å². The van der Waals surface area contributed by atoms with Gasteiger partial charge in [-0.1, -0.05) is 55.5 Å². The largest absolute Gasteiger partial charge is 0.435 e. The molecule has 3 aromatic carbocycles. The summed E-state index contributed by atoms with van der Waals surface area (Å²) in [4.78, 5) is 6.81. The van der Waals surface area contributed by atoms with Crippen molar-refractivity contribution in [1.29, 1.82) is 0 Å². The van der Waals surface area contributed by atoms with Crippen LogP contribution in [0.1, 0.15) is 59.8 Å². The van der Waals surface area contributed by atoms with Crippen LogP contribution >= 0.6 is 0 Å². The lowest BCUT2D eigenvalue weighted by Gasteiger charge is -2.38. The maximum absolute atomic E-state index is 14.0. The number of ether oxygens (including phenoxy) is 1. The molecule has 1 aliphatic rings. The van der Waals surface area contributed by atoms with E-state index in [-0.39, 0.29) is 13.2 Å². The number of aromatic amines is 2. The van der Waals surface area contributed by atoms with Gasteiger partial charge < -0.3 is 14.7 Å². The van der Waals surface area contributed by atoms with Crippen molar-refractivity contribution in [1.82, 2.24) is 19.7 Å². The number of halogens is 6. The van der Waals surface area contributed by atoms with Crippen molar-refractivity contribution in [3.63, 3.8) is 0 Å².